The van der Waals surface area contributed by atoms with E-state index in [0.29, 0.717) is 0 Å². The van der Waals surface area contributed by atoms with Crippen molar-refractivity contribution in [1.29, 1.82) is 0 Å². The Morgan fingerprint density at radius 3 is 2.44 bits per heavy atom. The second-order valence-electron chi connectivity index (χ2n) is 4.56. The molecule has 0 saturated carbocycles. The molecule has 0 aliphatic rings. The molecule has 18 heavy (non-hydrogen) atoms. The van der Waals surface area contributed by atoms with Crippen molar-refractivity contribution in [2.75, 3.05) is 12.8 Å². The van der Waals surface area contributed by atoms with Gasteiger partial charge in [-0.3, -0.25) is 4.21 Å². The molecular weight excluding hydrogens is 249 g/mol. The second kappa shape index (κ2) is 7.64. The Hall–Kier alpha value is -0.740. The molecule has 102 valence electrons. The van der Waals surface area contributed by atoms with E-state index in [1.54, 1.807) is 6.26 Å². The molecule has 1 rings (SSSR count). The van der Waals surface area contributed by atoms with Crippen LogP contribution in [0, 0.1) is 5.82 Å². The molecule has 3 unspecified atom stereocenters. The van der Waals surface area contributed by atoms with Crippen molar-refractivity contribution in [3.63, 3.8) is 0 Å². The number of benzene rings is 1. The van der Waals surface area contributed by atoms with E-state index >= 15 is 0 Å². The fourth-order valence-electron chi connectivity index (χ4n) is 1.82. The topological polar surface area (TPSA) is 29.1 Å². The molecule has 0 aliphatic carbocycles. The summed E-state index contributed by atoms with van der Waals surface area (Å²) in [6, 6.07) is 6.85. The summed E-state index contributed by atoms with van der Waals surface area (Å²) in [5.41, 5.74) is 1.10. The lowest BCUT2D eigenvalue weighted by molar-refractivity contribution is 0.507. The van der Waals surface area contributed by atoms with E-state index in [9.17, 15) is 8.60 Å². The Labute approximate surface area is 111 Å². The molecule has 0 fully saturated rings. The van der Waals surface area contributed by atoms with Crippen molar-refractivity contribution in [2.24, 2.45) is 0 Å². The zero-order valence-corrected chi connectivity index (χ0v) is 12.1. The Morgan fingerprint density at radius 2 is 1.94 bits per heavy atom. The lowest BCUT2D eigenvalue weighted by Crippen LogP contribution is -2.25. The Bertz CT molecular complexity index is 380. The van der Waals surface area contributed by atoms with Crippen LogP contribution in [0.4, 0.5) is 4.39 Å². The smallest absolute Gasteiger partial charge is 0.123 e. The summed E-state index contributed by atoms with van der Waals surface area (Å²) >= 11 is 0. The molecule has 4 heteroatoms. The minimum Gasteiger partial charge on any atom is -0.310 e. The molecule has 0 heterocycles. The molecule has 2 nitrogen and oxygen atoms in total. The minimum atomic E-state index is -0.764. The predicted octanol–water partition coefficient (Wildman–Crippen LogP) is 3.02. The van der Waals surface area contributed by atoms with E-state index in [0.717, 1.165) is 24.9 Å². The number of halogens is 1. The van der Waals surface area contributed by atoms with Crippen LogP contribution < -0.4 is 5.32 Å². The zero-order chi connectivity index (χ0) is 13.5. The van der Waals surface area contributed by atoms with Crippen LogP contribution >= 0.6 is 0 Å². The summed E-state index contributed by atoms with van der Waals surface area (Å²) in [4.78, 5) is 0. The van der Waals surface area contributed by atoms with Gasteiger partial charge < -0.3 is 5.32 Å². The normalized spacial score (nSPS) is 16.2. The molecule has 0 spiro atoms. The van der Waals surface area contributed by atoms with Crippen LogP contribution in [0.5, 0.6) is 0 Å². The number of hydrogen-bond donors (Lipinski definition) is 1. The first-order valence-corrected chi connectivity index (χ1v) is 7.97. The van der Waals surface area contributed by atoms with Crippen molar-refractivity contribution < 1.29 is 8.60 Å². The van der Waals surface area contributed by atoms with Gasteiger partial charge in [0.15, 0.2) is 0 Å². The van der Waals surface area contributed by atoms with Crippen LogP contribution in [0.15, 0.2) is 24.3 Å². The van der Waals surface area contributed by atoms with Crippen LogP contribution in [0.2, 0.25) is 0 Å². The predicted molar refractivity (Wildman–Crippen MR) is 75.6 cm³/mol. The van der Waals surface area contributed by atoms with Gasteiger partial charge in [-0.1, -0.05) is 26.0 Å². The van der Waals surface area contributed by atoms with Crippen LogP contribution in [-0.2, 0) is 10.8 Å². The number of rotatable bonds is 7. The molecular formula is C14H22FNOS. The Balaban J connectivity index is 2.47. The first kappa shape index (κ1) is 15.3. The van der Waals surface area contributed by atoms with Crippen LogP contribution in [-0.4, -0.2) is 22.3 Å². The highest BCUT2D eigenvalue weighted by atomic mass is 32.2. The molecule has 1 aromatic rings. The third kappa shape index (κ3) is 4.86. The van der Waals surface area contributed by atoms with Gasteiger partial charge in [-0.25, -0.2) is 4.39 Å². The Kier molecular flexibility index (Phi) is 6.50. The van der Waals surface area contributed by atoms with Crippen LogP contribution in [0.1, 0.15) is 38.3 Å². The summed E-state index contributed by atoms with van der Waals surface area (Å²) in [5, 5.41) is 3.65. The molecule has 0 aliphatic heterocycles. The van der Waals surface area contributed by atoms with Gasteiger partial charge in [0.2, 0.25) is 0 Å². The maximum atomic E-state index is 12.8. The monoisotopic (exact) mass is 271 g/mol. The molecule has 0 radical (unpaired) electrons. The first-order chi connectivity index (χ1) is 8.54. The average molecular weight is 271 g/mol. The van der Waals surface area contributed by atoms with Gasteiger partial charge in [0, 0.05) is 28.3 Å². The van der Waals surface area contributed by atoms with Crippen LogP contribution in [0.25, 0.3) is 0 Å². The van der Waals surface area contributed by atoms with Gasteiger partial charge in [-0.05, 0) is 37.1 Å². The molecule has 0 bridgehead atoms. The van der Waals surface area contributed by atoms with Gasteiger partial charge in [0.05, 0.1) is 0 Å². The first-order valence-electron chi connectivity index (χ1n) is 6.35. The van der Waals surface area contributed by atoms with Crippen molar-refractivity contribution in [2.45, 2.75) is 38.0 Å². The third-order valence-electron chi connectivity index (χ3n) is 3.19. The maximum Gasteiger partial charge on any atom is 0.123 e. The average Bonchev–Trinajstić information content (AvgIpc) is 2.35. The molecule has 0 saturated heterocycles. The summed E-state index contributed by atoms with van der Waals surface area (Å²) in [5.74, 6) is -0.205. The minimum absolute atomic E-state index is 0.205. The third-order valence-corrected chi connectivity index (χ3v) is 4.56. The Morgan fingerprint density at radius 1 is 1.33 bits per heavy atom. The van der Waals surface area contributed by atoms with Gasteiger partial charge in [-0.15, -0.1) is 0 Å². The van der Waals surface area contributed by atoms with Crippen molar-refractivity contribution >= 4 is 10.8 Å². The van der Waals surface area contributed by atoms with Crippen molar-refractivity contribution in [3.05, 3.63) is 35.6 Å². The molecule has 1 aromatic carbocycles. The highest BCUT2D eigenvalue weighted by Gasteiger charge is 2.10. The molecule has 1 N–H and O–H groups in total. The summed E-state index contributed by atoms with van der Waals surface area (Å²) in [6.45, 7) is 4.93. The lowest BCUT2D eigenvalue weighted by Gasteiger charge is -2.18. The standard InChI is InChI=1S/C14H22FNOS/c1-4-14(12-5-7-13(15)8-6-12)16-10-9-11(2)18(3)17/h5-8,11,14,16H,4,9-10H2,1-3H3. The second-order valence-corrected chi connectivity index (χ2v) is 6.37. The fourth-order valence-corrected chi connectivity index (χ4v) is 2.27. The molecule has 0 amide bonds. The highest BCUT2D eigenvalue weighted by Crippen LogP contribution is 2.17. The van der Waals surface area contributed by atoms with Gasteiger partial charge in [0.25, 0.3) is 0 Å². The number of nitrogens with one attached hydrogen (secondary N) is 1. The lowest BCUT2D eigenvalue weighted by atomic mass is 10.0. The maximum absolute atomic E-state index is 12.8. The van der Waals surface area contributed by atoms with Crippen molar-refractivity contribution in [1.82, 2.24) is 5.32 Å². The molecule has 0 aromatic heterocycles. The SMILES string of the molecule is CCC(NCCC(C)S(C)=O)c1ccc(F)cc1. The van der Waals surface area contributed by atoms with Gasteiger partial charge in [-0.2, -0.15) is 0 Å². The van der Waals surface area contributed by atoms with E-state index in [1.807, 2.05) is 19.1 Å². The zero-order valence-electron chi connectivity index (χ0n) is 11.3. The molecule has 3 atom stereocenters. The summed E-state index contributed by atoms with van der Waals surface area (Å²) < 4.78 is 24.1. The van der Waals surface area contributed by atoms with E-state index in [-0.39, 0.29) is 17.1 Å². The summed E-state index contributed by atoms with van der Waals surface area (Å²) in [7, 11) is -0.764. The van der Waals surface area contributed by atoms with E-state index in [2.05, 4.69) is 12.2 Å². The summed E-state index contributed by atoms with van der Waals surface area (Å²) in [6.07, 6.45) is 3.58. The quantitative estimate of drug-likeness (QED) is 0.826. The van der Waals surface area contributed by atoms with E-state index < -0.39 is 10.8 Å². The fraction of sp³-hybridized carbons (Fsp3) is 0.571. The number of hydrogen-bond acceptors (Lipinski definition) is 2. The van der Waals surface area contributed by atoms with E-state index in [1.165, 1.54) is 12.1 Å². The highest BCUT2D eigenvalue weighted by molar-refractivity contribution is 7.84. The van der Waals surface area contributed by atoms with Crippen LogP contribution in [0.3, 0.4) is 0 Å². The van der Waals surface area contributed by atoms with Crippen molar-refractivity contribution in [3.8, 4) is 0 Å². The van der Waals surface area contributed by atoms with E-state index in [4.69, 9.17) is 0 Å². The van der Waals surface area contributed by atoms with Gasteiger partial charge in [0.1, 0.15) is 5.82 Å². The largest absolute Gasteiger partial charge is 0.310 e. The van der Waals surface area contributed by atoms with Gasteiger partial charge >= 0.3 is 0 Å².